The largest absolute Gasteiger partial charge is 0.354 e. The van der Waals surface area contributed by atoms with E-state index >= 15 is 0 Å². The lowest BCUT2D eigenvalue weighted by Crippen LogP contribution is -2.58. The van der Waals surface area contributed by atoms with E-state index in [0.717, 1.165) is 48.6 Å². The fraction of sp³-hybridized carbons (Fsp3) is 0.520. The number of fused-ring (bicyclic) bond motifs is 1. The first-order valence-corrected chi connectivity index (χ1v) is 11.7. The maximum Gasteiger partial charge on any atom is 0.227 e. The molecular formula is C25H34N6O. The SMILES string of the molecule is Cc1cc(N2C[C@@H](C)N[C@@H](C)C2)ncc1-c1ccc(C2NC(=O)C3CCN(C)C3N2)cc1. The number of aromatic nitrogens is 1. The highest BCUT2D eigenvalue weighted by atomic mass is 16.2. The zero-order valence-corrected chi connectivity index (χ0v) is 19.4. The van der Waals surface area contributed by atoms with E-state index in [4.69, 9.17) is 4.98 Å². The molecule has 7 nitrogen and oxygen atoms in total. The van der Waals surface area contributed by atoms with E-state index < -0.39 is 0 Å². The molecular weight excluding hydrogens is 400 g/mol. The number of likely N-dealkylation sites (tertiary alicyclic amines) is 1. The van der Waals surface area contributed by atoms with Crippen LogP contribution in [0.3, 0.4) is 0 Å². The minimum Gasteiger partial charge on any atom is -0.354 e. The Morgan fingerprint density at radius 3 is 2.47 bits per heavy atom. The van der Waals surface area contributed by atoms with Crippen molar-refractivity contribution in [1.29, 1.82) is 0 Å². The Morgan fingerprint density at radius 2 is 1.78 bits per heavy atom. The number of aryl methyl sites for hydroxylation is 1. The number of nitrogens with one attached hydrogen (secondary N) is 3. The van der Waals surface area contributed by atoms with Crippen molar-refractivity contribution in [3.63, 3.8) is 0 Å². The molecule has 0 aliphatic carbocycles. The number of nitrogens with zero attached hydrogens (tertiary/aromatic N) is 3. The highest BCUT2D eigenvalue weighted by Gasteiger charge is 2.42. The third kappa shape index (κ3) is 4.00. The molecule has 3 aliphatic rings. The van der Waals surface area contributed by atoms with Crippen molar-refractivity contribution >= 4 is 11.7 Å². The number of hydrogen-bond donors (Lipinski definition) is 3. The van der Waals surface area contributed by atoms with Crippen molar-refractivity contribution in [1.82, 2.24) is 25.8 Å². The van der Waals surface area contributed by atoms with Crippen LogP contribution in [-0.2, 0) is 4.79 Å². The van der Waals surface area contributed by atoms with Crippen molar-refractivity contribution in [2.24, 2.45) is 5.92 Å². The molecule has 3 unspecified atom stereocenters. The number of carbonyl (C=O) groups is 1. The number of anilines is 1. The van der Waals surface area contributed by atoms with Gasteiger partial charge in [-0.3, -0.25) is 15.0 Å². The predicted molar refractivity (Wildman–Crippen MR) is 127 cm³/mol. The molecule has 0 saturated carbocycles. The van der Waals surface area contributed by atoms with Crippen LogP contribution in [0.15, 0.2) is 36.5 Å². The van der Waals surface area contributed by atoms with Gasteiger partial charge in [-0.25, -0.2) is 4.98 Å². The van der Waals surface area contributed by atoms with E-state index in [1.165, 1.54) is 5.56 Å². The molecule has 1 aromatic carbocycles. The average Bonchev–Trinajstić information content (AvgIpc) is 3.14. The molecule has 170 valence electrons. The highest BCUT2D eigenvalue weighted by molar-refractivity contribution is 5.81. The van der Waals surface area contributed by atoms with Gasteiger partial charge in [-0.1, -0.05) is 24.3 Å². The maximum atomic E-state index is 12.5. The number of rotatable bonds is 3. The zero-order valence-electron chi connectivity index (χ0n) is 19.4. The van der Waals surface area contributed by atoms with Gasteiger partial charge in [0.25, 0.3) is 0 Å². The van der Waals surface area contributed by atoms with Crippen molar-refractivity contribution < 1.29 is 4.79 Å². The monoisotopic (exact) mass is 434 g/mol. The Morgan fingerprint density at radius 1 is 1.06 bits per heavy atom. The fourth-order valence-electron chi connectivity index (χ4n) is 5.49. The second-order valence-corrected chi connectivity index (χ2v) is 9.78. The van der Waals surface area contributed by atoms with Gasteiger partial charge in [0.2, 0.25) is 5.91 Å². The lowest BCUT2D eigenvalue weighted by atomic mass is 9.97. The average molecular weight is 435 g/mol. The molecule has 3 saturated heterocycles. The first kappa shape index (κ1) is 21.4. The topological polar surface area (TPSA) is 72.5 Å². The van der Waals surface area contributed by atoms with E-state index in [1.54, 1.807) is 0 Å². The smallest absolute Gasteiger partial charge is 0.227 e. The van der Waals surface area contributed by atoms with E-state index in [1.807, 2.05) is 6.20 Å². The van der Waals surface area contributed by atoms with Crippen LogP contribution in [0.2, 0.25) is 0 Å². The summed E-state index contributed by atoms with van der Waals surface area (Å²) in [5.41, 5.74) is 4.59. The van der Waals surface area contributed by atoms with Crippen molar-refractivity contribution in [2.75, 3.05) is 31.6 Å². The van der Waals surface area contributed by atoms with Gasteiger partial charge in [0, 0.05) is 43.5 Å². The molecule has 32 heavy (non-hydrogen) atoms. The van der Waals surface area contributed by atoms with Gasteiger partial charge >= 0.3 is 0 Å². The minimum atomic E-state index is -0.156. The second kappa shape index (κ2) is 8.46. The summed E-state index contributed by atoms with van der Waals surface area (Å²) in [6, 6.07) is 11.6. The molecule has 5 rings (SSSR count). The fourth-order valence-corrected chi connectivity index (χ4v) is 5.49. The summed E-state index contributed by atoms with van der Waals surface area (Å²) in [4.78, 5) is 22.0. The molecule has 0 radical (unpaired) electrons. The molecule has 3 N–H and O–H groups in total. The Labute approximate surface area is 190 Å². The maximum absolute atomic E-state index is 12.5. The van der Waals surface area contributed by atoms with Crippen molar-refractivity contribution in [3.05, 3.63) is 47.7 Å². The van der Waals surface area contributed by atoms with Gasteiger partial charge in [-0.05, 0) is 57.0 Å². The summed E-state index contributed by atoms with van der Waals surface area (Å²) in [6.45, 7) is 9.50. The number of benzene rings is 1. The van der Waals surface area contributed by atoms with Crippen LogP contribution in [0.25, 0.3) is 11.1 Å². The quantitative estimate of drug-likeness (QED) is 0.688. The van der Waals surface area contributed by atoms with Crippen LogP contribution < -0.4 is 20.9 Å². The lowest BCUT2D eigenvalue weighted by Gasteiger charge is -2.37. The summed E-state index contributed by atoms with van der Waals surface area (Å²) in [5, 5.41) is 10.3. The number of piperazine rings is 1. The van der Waals surface area contributed by atoms with Crippen molar-refractivity contribution in [3.8, 4) is 11.1 Å². The Bertz CT molecular complexity index is 982. The van der Waals surface area contributed by atoms with Crippen LogP contribution in [0.1, 0.15) is 37.6 Å². The number of pyridine rings is 1. The van der Waals surface area contributed by atoms with Crippen LogP contribution >= 0.6 is 0 Å². The van der Waals surface area contributed by atoms with E-state index in [0.29, 0.717) is 12.1 Å². The minimum absolute atomic E-state index is 0.0458. The first-order chi connectivity index (χ1) is 15.4. The van der Waals surface area contributed by atoms with Gasteiger partial charge in [0.05, 0.1) is 12.1 Å². The van der Waals surface area contributed by atoms with Gasteiger partial charge in [-0.2, -0.15) is 0 Å². The molecule has 3 fully saturated rings. The van der Waals surface area contributed by atoms with Gasteiger partial charge in [-0.15, -0.1) is 0 Å². The van der Waals surface area contributed by atoms with Gasteiger partial charge in [0.15, 0.2) is 0 Å². The molecule has 2 aromatic rings. The Kier molecular flexibility index (Phi) is 5.65. The molecule has 1 aromatic heterocycles. The van der Waals surface area contributed by atoms with Crippen LogP contribution in [0.5, 0.6) is 0 Å². The number of amides is 1. The van der Waals surface area contributed by atoms with Crippen molar-refractivity contribution in [2.45, 2.75) is 51.6 Å². The molecule has 7 heteroatoms. The number of carbonyl (C=O) groups excluding carboxylic acids is 1. The predicted octanol–water partition coefficient (Wildman–Crippen LogP) is 2.24. The summed E-state index contributed by atoms with van der Waals surface area (Å²) in [5.74, 6) is 1.25. The third-order valence-corrected chi connectivity index (χ3v) is 7.14. The van der Waals surface area contributed by atoms with Crippen LogP contribution in [-0.4, -0.2) is 60.7 Å². The number of hydrogen-bond acceptors (Lipinski definition) is 6. The normalized spacial score (nSPS) is 30.8. The highest BCUT2D eigenvalue weighted by Crippen LogP contribution is 2.30. The molecule has 5 atom stereocenters. The Hall–Kier alpha value is -2.48. The van der Waals surface area contributed by atoms with E-state index in [-0.39, 0.29) is 24.2 Å². The Balaban J connectivity index is 1.32. The summed E-state index contributed by atoms with van der Waals surface area (Å²) in [6.07, 6.45) is 2.87. The zero-order chi connectivity index (χ0) is 22.4. The van der Waals surface area contributed by atoms with Crippen LogP contribution in [0.4, 0.5) is 5.82 Å². The first-order valence-electron chi connectivity index (χ1n) is 11.7. The lowest BCUT2D eigenvalue weighted by molar-refractivity contribution is -0.130. The van der Waals surface area contributed by atoms with E-state index in [9.17, 15) is 4.79 Å². The molecule has 1 amide bonds. The standard InChI is InChI=1S/C25H34N6O/c1-15-11-22(31-13-16(2)27-17(3)14-31)26-12-21(15)18-5-7-19(8-6-18)23-28-24-20(25(32)29-23)9-10-30(24)4/h5-8,11-12,16-17,20,23-24,27-28H,9-10,13-14H2,1-4H3,(H,29,32)/t16-,17+,20?,23?,24?. The molecule has 4 heterocycles. The second-order valence-electron chi connectivity index (χ2n) is 9.78. The molecule has 0 bridgehead atoms. The third-order valence-electron chi connectivity index (χ3n) is 7.14. The molecule has 3 aliphatic heterocycles. The van der Waals surface area contributed by atoms with Gasteiger partial charge in [0.1, 0.15) is 12.0 Å². The summed E-state index contributed by atoms with van der Waals surface area (Å²) < 4.78 is 0. The summed E-state index contributed by atoms with van der Waals surface area (Å²) >= 11 is 0. The molecule has 0 spiro atoms. The summed E-state index contributed by atoms with van der Waals surface area (Å²) in [7, 11) is 2.08. The van der Waals surface area contributed by atoms with Crippen LogP contribution in [0, 0.1) is 12.8 Å². The van der Waals surface area contributed by atoms with E-state index in [2.05, 4.69) is 83.9 Å². The van der Waals surface area contributed by atoms with Gasteiger partial charge < -0.3 is 15.5 Å².